The molecule has 0 aliphatic carbocycles. The van der Waals surface area contributed by atoms with Gasteiger partial charge in [0.1, 0.15) is 0 Å². The molecule has 0 saturated carbocycles. The molecule has 8 nitrogen and oxygen atoms in total. The van der Waals surface area contributed by atoms with Gasteiger partial charge in [0.2, 0.25) is 15.9 Å². The average Bonchev–Trinajstić information content (AvgIpc) is 2.53. The minimum Gasteiger partial charge on any atom is -0.350 e. The van der Waals surface area contributed by atoms with Gasteiger partial charge in [0.25, 0.3) is 5.69 Å². The predicted octanol–water partition coefficient (Wildman–Crippen LogP) is 1.83. The van der Waals surface area contributed by atoms with Crippen LogP contribution in [0, 0.1) is 10.1 Å². The van der Waals surface area contributed by atoms with E-state index >= 15 is 0 Å². The first-order valence-electron chi connectivity index (χ1n) is 7.87. The third-order valence-corrected chi connectivity index (χ3v) is 6.42. The molecule has 2 rings (SSSR count). The molecule has 1 saturated heterocycles. The second-order valence-corrected chi connectivity index (χ2v) is 8.01. The molecular formula is C16H21N3O5S. The van der Waals surface area contributed by atoms with E-state index in [1.807, 2.05) is 0 Å². The van der Waals surface area contributed by atoms with Gasteiger partial charge in [0, 0.05) is 30.3 Å². The number of rotatable bonds is 5. The maximum Gasteiger partial charge on any atom is 0.269 e. The molecule has 1 heterocycles. The Morgan fingerprint density at radius 2 is 1.80 bits per heavy atom. The average molecular weight is 367 g/mol. The fourth-order valence-electron chi connectivity index (χ4n) is 3.28. The van der Waals surface area contributed by atoms with Crippen LogP contribution in [0.15, 0.2) is 41.8 Å². The minimum absolute atomic E-state index is 0.0189. The van der Waals surface area contributed by atoms with Crippen molar-refractivity contribution < 1.29 is 18.1 Å². The Hall–Kier alpha value is -2.26. The standard InChI is InChI=1S/C16H21N3O5S/c1-4-16(20)17-13-9-11(2)18(12(3)10-13)25(23,24)15-7-5-14(6-8-15)19(21)22/h4-8,11-13H,1,9-10H2,2-3H3,(H,17,20). The number of carbonyl (C=O) groups excluding carboxylic acids is 1. The highest BCUT2D eigenvalue weighted by atomic mass is 32.2. The summed E-state index contributed by atoms with van der Waals surface area (Å²) in [4.78, 5) is 21.6. The number of nitrogens with one attached hydrogen (secondary N) is 1. The zero-order chi connectivity index (χ0) is 18.8. The van der Waals surface area contributed by atoms with Gasteiger partial charge in [-0.2, -0.15) is 4.31 Å². The summed E-state index contributed by atoms with van der Waals surface area (Å²) in [6.45, 7) is 6.98. The van der Waals surface area contributed by atoms with E-state index in [0.717, 1.165) is 0 Å². The zero-order valence-corrected chi connectivity index (χ0v) is 14.9. The van der Waals surface area contributed by atoms with Gasteiger partial charge in [-0.15, -0.1) is 0 Å². The van der Waals surface area contributed by atoms with Gasteiger partial charge in [0.15, 0.2) is 0 Å². The summed E-state index contributed by atoms with van der Waals surface area (Å²) in [6.07, 6.45) is 2.15. The summed E-state index contributed by atoms with van der Waals surface area (Å²) in [6, 6.07) is 4.09. The number of nitro groups is 1. The normalized spacial score (nSPS) is 24.5. The fraction of sp³-hybridized carbons (Fsp3) is 0.438. The molecule has 136 valence electrons. The maximum atomic E-state index is 12.9. The highest BCUT2D eigenvalue weighted by molar-refractivity contribution is 7.89. The first kappa shape index (κ1) is 19.1. The number of hydrogen-bond donors (Lipinski definition) is 1. The molecule has 1 aliphatic heterocycles. The molecule has 0 aromatic heterocycles. The number of amides is 1. The summed E-state index contributed by atoms with van der Waals surface area (Å²) >= 11 is 0. The lowest BCUT2D eigenvalue weighted by atomic mass is 9.95. The third-order valence-electron chi connectivity index (χ3n) is 4.27. The number of nitro benzene ring substituents is 1. The van der Waals surface area contributed by atoms with Gasteiger partial charge in [-0.05, 0) is 44.9 Å². The molecule has 2 unspecified atom stereocenters. The first-order valence-corrected chi connectivity index (χ1v) is 9.31. The van der Waals surface area contributed by atoms with E-state index in [9.17, 15) is 23.3 Å². The van der Waals surface area contributed by atoms with Crippen molar-refractivity contribution in [2.45, 2.75) is 49.7 Å². The van der Waals surface area contributed by atoms with E-state index in [0.29, 0.717) is 12.8 Å². The minimum atomic E-state index is -3.78. The van der Waals surface area contributed by atoms with Crippen LogP contribution in [0.5, 0.6) is 0 Å². The van der Waals surface area contributed by atoms with Crippen LogP contribution < -0.4 is 5.32 Å². The Labute approximate surface area is 146 Å². The number of benzene rings is 1. The Balaban J connectivity index is 2.23. The largest absolute Gasteiger partial charge is 0.350 e. The molecule has 0 radical (unpaired) electrons. The molecule has 1 fully saturated rings. The SMILES string of the molecule is C=CC(=O)NC1CC(C)N(S(=O)(=O)c2ccc([N+](=O)[O-])cc2)C(C)C1. The van der Waals surface area contributed by atoms with Crippen molar-refractivity contribution in [2.75, 3.05) is 0 Å². The second kappa shape index (κ2) is 7.32. The van der Waals surface area contributed by atoms with Crippen molar-refractivity contribution in [3.63, 3.8) is 0 Å². The van der Waals surface area contributed by atoms with Crippen LogP contribution in [-0.4, -0.2) is 41.7 Å². The van der Waals surface area contributed by atoms with Crippen LogP contribution in [0.3, 0.4) is 0 Å². The number of sulfonamides is 1. The molecule has 1 amide bonds. The van der Waals surface area contributed by atoms with Gasteiger partial charge in [0.05, 0.1) is 9.82 Å². The number of non-ortho nitro benzene ring substituents is 1. The Bertz CT molecular complexity index is 763. The first-order chi connectivity index (χ1) is 11.7. The van der Waals surface area contributed by atoms with Gasteiger partial charge in [-0.25, -0.2) is 8.42 Å². The Morgan fingerprint density at radius 1 is 1.28 bits per heavy atom. The van der Waals surface area contributed by atoms with Gasteiger partial charge in [-0.3, -0.25) is 14.9 Å². The van der Waals surface area contributed by atoms with Crippen LogP contribution >= 0.6 is 0 Å². The van der Waals surface area contributed by atoms with Crippen LogP contribution in [0.25, 0.3) is 0 Å². The second-order valence-electron chi connectivity index (χ2n) is 6.17. The molecule has 2 atom stereocenters. The van der Waals surface area contributed by atoms with Crippen molar-refractivity contribution in [3.8, 4) is 0 Å². The number of nitrogens with zero attached hydrogens (tertiary/aromatic N) is 2. The number of piperidine rings is 1. The third kappa shape index (κ3) is 4.05. The topological polar surface area (TPSA) is 110 Å². The van der Waals surface area contributed by atoms with Crippen LogP contribution in [0.2, 0.25) is 0 Å². The van der Waals surface area contributed by atoms with E-state index in [-0.39, 0.29) is 34.6 Å². The van der Waals surface area contributed by atoms with E-state index in [1.54, 1.807) is 13.8 Å². The Kier molecular flexibility index (Phi) is 5.58. The van der Waals surface area contributed by atoms with E-state index in [2.05, 4.69) is 11.9 Å². The Morgan fingerprint density at radius 3 is 2.24 bits per heavy atom. The van der Waals surface area contributed by atoms with Crippen LogP contribution in [0.1, 0.15) is 26.7 Å². The van der Waals surface area contributed by atoms with Crippen LogP contribution in [-0.2, 0) is 14.8 Å². The van der Waals surface area contributed by atoms with E-state index in [4.69, 9.17) is 0 Å². The molecular weight excluding hydrogens is 346 g/mol. The highest BCUT2D eigenvalue weighted by Crippen LogP contribution is 2.30. The van der Waals surface area contributed by atoms with Crippen molar-refractivity contribution in [3.05, 3.63) is 47.0 Å². The summed E-state index contributed by atoms with van der Waals surface area (Å²) in [7, 11) is -3.78. The quantitative estimate of drug-likeness (QED) is 0.485. The lowest BCUT2D eigenvalue weighted by Gasteiger charge is -2.41. The lowest BCUT2D eigenvalue weighted by Crippen LogP contribution is -2.54. The molecule has 1 aromatic rings. The summed E-state index contributed by atoms with van der Waals surface area (Å²) in [5.41, 5.74) is -0.161. The predicted molar refractivity (Wildman–Crippen MR) is 92.4 cm³/mol. The van der Waals surface area contributed by atoms with Gasteiger partial charge in [-0.1, -0.05) is 6.58 Å². The molecule has 1 aromatic carbocycles. The van der Waals surface area contributed by atoms with Crippen molar-refractivity contribution >= 4 is 21.6 Å². The summed E-state index contributed by atoms with van der Waals surface area (Å²) < 4.78 is 27.3. The van der Waals surface area contributed by atoms with Gasteiger partial charge >= 0.3 is 0 Å². The van der Waals surface area contributed by atoms with Gasteiger partial charge < -0.3 is 5.32 Å². The molecule has 0 spiro atoms. The highest BCUT2D eigenvalue weighted by Gasteiger charge is 2.39. The van der Waals surface area contributed by atoms with E-state index < -0.39 is 14.9 Å². The molecule has 0 bridgehead atoms. The van der Waals surface area contributed by atoms with Crippen LogP contribution in [0.4, 0.5) is 5.69 Å². The smallest absolute Gasteiger partial charge is 0.269 e. The van der Waals surface area contributed by atoms with Crippen molar-refractivity contribution in [2.24, 2.45) is 0 Å². The number of hydrogen-bond acceptors (Lipinski definition) is 5. The summed E-state index contributed by atoms with van der Waals surface area (Å²) in [5.74, 6) is -0.281. The van der Waals surface area contributed by atoms with Crippen molar-refractivity contribution in [1.29, 1.82) is 0 Å². The lowest BCUT2D eigenvalue weighted by molar-refractivity contribution is -0.384. The molecule has 1 aliphatic rings. The fourth-order valence-corrected chi connectivity index (χ4v) is 5.12. The zero-order valence-electron chi connectivity index (χ0n) is 14.1. The maximum absolute atomic E-state index is 12.9. The van der Waals surface area contributed by atoms with E-state index in [1.165, 1.54) is 34.6 Å². The molecule has 1 N–H and O–H groups in total. The molecule has 9 heteroatoms. The molecule has 25 heavy (non-hydrogen) atoms. The summed E-state index contributed by atoms with van der Waals surface area (Å²) in [5, 5.41) is 13.5. The number of carbonyl (C=O) groups is 1. The monoisotopic (exact) mass is 367 g/mol. The van der Waals surface area contributed by atoms with Crippen molar-refractivity contribution in [1.82, 2.24) is 9.62 Å².